The summed E-state index contributed by atoms with van der Waals surface area (Å²) in [6.45, 7) is 0. The molecular formula is C11H7BrF3N3S. The van der Waals surface area contributed by atoms with E-state index >= 15 is 0 Å². The van der Waals surface area contributed by atoms with E-state index in [1.807, 2.05) is 0 Å². The van der Waals surface area contributed by atoms with Gasteiger partial charge in [0.15, 0.2) is 0 Å². The van der Waals surface area contributed by atoms with Crippen molar-refractivity contribution < 1.29 is 13.2 Å². The summed E-state index contributed by atoms with van der Waals surface area (Å²) in [5.41, 5.74) is 5.40. The van der Waals surface area contributed by atoms with Gasteiger partial charge in [0.25, 0.3) is 0 Å². The summed E-state index contributed by atoms with van der Waals surface area (Å²) in [4.78, 5) is 7.81. The number of anilines is 1. The molecule has 0 unspecified atom stereocenters. The second kappa shape index (κ2) is 5.38. The lowest BCUT2D eigenvalue weighted by Gasteiger charge is -2.07. The zero-order chi connectivity index (χ0) is 14.0. The van der Waals surface area contributed by atoms with Gasteiger partial charge in [0, 0.05) is 16.9 Å². The van der Waals surface area contributed by atoms with Crippen LogP contribution >= 0.6 is 27.7 Å². The van der Waals surface area contributed by atoms with E-state index in [4.69, 9.17) is 5.73 Å². The summed E-state index contributed by atoms with van der Waals surface area (Å²) in [6, 6.07) is 3.93. The van der Waals surface area contributed by atoms with Crippen molar-refractivity contribution in [3.63, 3.8) is 0 Å². The molecule has 0 spiro atoms. The Bertz CT molecular complexity index is 587. The minimum absolute atomic E-state index is 0.398. The molecule has 2 rings (SSSR count). The molecule has 2 aromatic rings. The number of pyridine rings is 2. The summed E-state index contributed by atoms with van der Waals surface area (Å²) in [6.07, 6.45) is -2.04. The van der Waals surface area contributed by atoms with Crippen molar-refractivity contribution in [3.8, 4) is 0 Å². The molecule has 0 saturated heterocycles. The highest BCUT2D eigenvalue weighted by atomic mass is 79.9. The van der Waals surface area contributed by atoms with Crippen molar-refractivity contribution in [3.05, 3.63) is 40.6 Å². The average molecular weight is 350 g/mol. The quantitative estimate of drug-likeness (QED) is 0.890. The van der Waals surface area contributed by atoms with Crippen LogP contribution in [-0.4, -0.2) is 9.97 Å². The number of hydrogen-bond donors (Lipinski definition) is 1. The van der Waals surface area contributed by atoms with Gasteiger partial charge in [-0.2, -0.15) is 13.2 Å². The highest BCUT2D eigenvalue weighted by Crippen LogP contribution is 2.33. The third-order valence-corrected chi connectivity index (χ3v) is 3.53. The molecule has 2 aromatic heterocycles. The van der Waals surface area contributed by atoms with E-state index in [1.165, 1.54) is 6.07 Å². The van der Waals surface area contributed by atoms with Crippen LogP contribution in [0.4, 0.5) is 18.9 Å². The van der Waals surface area contributed by atoms with E-state index in [0.717, 1.165) is 28.5 Å². The van der Waals surface area contributed by atoms with E-state index in [9.17, 15) is 13.2 Å². The zero-order valence-electron chi connectivity index (χ0n) is 9.28. The van der Waals surface area contributed by atoms with E-state index in [-0.39, 0.29) is 0 Å². The van der Waals surface area contributed by atoms with Gasteiger partial charge in [0.05, 0.1) is 11.3 Å². The lowest BCUT2D eigenvalue weighted by Crippen LogP contribution is -2.05. The number of aromatic nitrogens is 2. The number of hydrogen-bond acceptors (Lipinski definition) is 4. The Morgan fingerprint density at radius 3 is 2.42 bits per heavy atom. The summed E-state index contributed by atoms with van der Waals surface area (Å²) in [5, 5.41) is 0.894. The predicted molar refractivity (Wildman–Crippen MR) is 69.7 cm³/mol. The number of rotatable bonds is 2. The molecule has 0 fully saturated rings. The van der Waals surface area contributed by atoms with Crippen LogP contribution in [0.5, 0.6) is 0 Å². The molecule has 0 saturated carbocycles. The molecule has 0 aliphatic carbocycles. The van der Waals surface area contributed by atoms with Crippen molar-refractivity contribution in [2.45, 2.75) is 16.2 Å². The number of nitrogen functional groups attached to an aromatic ring is 1. The fourth-order valence-corrected chi connectivity index (χ4v) is 2.31. The molecule has 0 atom stereocenters. The molecule has 2 N–H and O–H groups in total. The highest BCUT2D eigenvalue weighted by Gasteiger charge is 2.30. The predicted octanol–water partition coefficient (Wildman–Crippen LogP) is 3.99. The lowest BCUT2D eigenvalue weighted by atomic mass is 10.3. The van der Waals surface area contributed by atoms with Gasteiger partial charge in [-0.1, -0.05) is 0 Å². The Morgan fingerprint density at radius 1 is 1.16 bits per heavy atom. The van der Waals surface area contributed by atoms with E-state index in [0.29, 0.717) is 15.7 Å². The topological polar surface area (TPSA) is 51.8 Å². The molecule has 0 amide bonds. The first-order valence-electron chi connectivity index (χ1n) is 4.98. The number of nitrogens with zero attached hydrogens (tertiary/aromatic N) is 2. The SMILES string of the molecule is Nc1cc(Br)cnc1Sc1ccc(C(F)(F)F)cn1. The molecule has 3 nitrogen and oxygen atoms in total. The van der Waals surface area contributed by atoms with Crippen molar-refractivity contribution in [1.82, 2.24) is 9.97 Å². The van der Waals surface area contributed by atoms with Crippen LogP contribution in [0.15, 0.2) is 45.1 Å². The maximum absolute atomic E-state index is 12.4. The third-order valence-electron chi connectivity index (χ3n) is 2.11. The van der Waals surface area contributed by atoms with Crippen molar-refractivity contribution in [1.29, 1.82) is 0 Å². The molecule has 0 aliphatic rings. The van der Waals surface area contributed by atoms with E-state index in [1.54, 1.807) is 12.3 Å². The van der Waals surface area contributed by atoms with Crippen molar-refractivity contribution in [2.75, 3.05) is 5.73 Å². The van der Waals surface area contributed by atoms with Crippen LogP contribution in [0.3, 0.4) is 0 Å². The van der Waals surface area contributed by atoms with Gasteiger partial charge in [0.1, 0.15) is 10.1 Å². The van der Waals surface area contributed by atoms with Crippen molar-refractivity contribution in [2.24, 2.45) is 0 Å². The molecule has 0 radical (unpaired) electrons. The number of alkyl halides is 3. The third kappa shape index (κ3) is 3.60. The molecule has 0 bridgehead atoms. The van der Waals surface area contributed by atoms with E-state index < -0.39 is 11.7 Å². The fourth-order valence-electron chi connectivity index (χ4n) is 1.24. The summed E-state index contributed by atoms with van der Waals surface area (Å²) >= 11 is 4.33. The monoisotopic (exact) mass is 349 g/mol. The van der Waals surface area contributed by atoms with Crippen LogP contribution in [0, 0.1) is 0 Å². The fraction of sp³-hybridized carbons (Fsp3) is 0.0909. The molecule has 0 aromatic carbocycles. The smallest absolute Gasteiger partial charge is 0.397 e. The summed E-state index contributed by atoms with van der Waals surface area (Å²) < 4.78 is 37.8. The van der Waals surface area contributed by atoms with Crippen LogP contribution in [-0.2, 0) is 6.18 Å². The molecule has 8 heteroatoms. The minimum Gasteiger partial charge on any atom is -0.397 e. The van der Waals surface area contributed by atoms with Crippen LogP contribution in [0.1, 0.15) is 5.56 Å². The molecular weight excluding hydrogens is 343 g/mol. The Hall–Kier alpha value is -1.28. The maximum Gasteiger partial charge on any atom is 0.417 e. The second-order valence-electron chi connectivity index (χ2n) is 3.53. The largest absolute Gasteiger partial charge is 0.417 e. The van der Waals surface area contributed by atoms with Gasteiger partial charge in [-0.25, -0.2) is 9.97 Å². The average Bonchev–Trinajstić information content (AvgIpc) is 2.32. The van der Waals surface area contributed by atoms with Gasteiger partial charge in [0.2, 0.25) is 0 Å². The second-order valence-corrected chi connectivity index (χ2v) is 5.46. The Kier molecular flexibility index (Phi) is 4.00. The van der Waals surface area contributed by atoms with Crippen molar-refractivity contribution >= 4 is 33.4 Å². The van der Waals surface area contributed by atoms with Gasteiger partial charge < -0.3 is 5.73 Å². The van der Waals surface area contributed by atoms with E-state index in [2.05, 4.69) is 25.9 Å². The van der Waals surface area contributed by atoms with Gasteiger partial charge in [-0.3, -0.25) is 0 Å². The summed E-state index contributed by atoms with van der Waals surface area (Å²) in [7, 11) is 0. The number of halogens is 4. The van der Waals surface area contributed by atoms with Gasteiger partial charge >= 0.3 is 6.18 Å². The molecule has 0 aliphatic heterocycles. The van der Waals surface area contributed by atoms with Gasteiger partial charge in [-0.05, 0) is 45.9 Å². The first-order valence-corrected chi connectivity index (χ1v) is 6.59. The Labute approximate surface area is 119 Å². The molecule has 100 valence electrons. The standard InChI is InChI=1S/C11H7BrF3N3S/c12-7-3-8(16)10(18-5-7)19-9-2-1-6(4-17-9)11(13,14)15/h1-5H,16H2. The normalized spacial score (nSPS) is 11.6. The summed E-state index contributed by atoms with van der Waals surface area (Å²) in [5.74, 6) is 0. The first kappa shape index (κ1) is 14.1. The maximum atomic E-state index is 12.4. The van der Waals surface area contributed by atoms with Gasteiger partial charge in [-0.15, -0.1) is 0 Å². The molecule has 19 heavy (non-hydrogen) atoms. The number of nitrogens with two attached hydrogens (primary N) is 1. The lowest BCUT2D eigenvalue weighted by molar-refractivity contribution is -0.137. The Morgan fingerprint density at radius 2 is 1.89 bits per heavy atom. The molecule has 2 heterocycles. The van der Waals surface area contributed by atoms with Crippen LogP contribution < -0.4 is 5.73 Å². The minimum atomic E-state index is -4.38. The van der Waals surface area contributed by atoms with Crippen LogP contribution in [0.2, 0.25) is 0 Å². The first-order chi connectivity index (χ1) is 8.86. The van der Waals surface area contributed by atoms with Crippen LogP contribution in [0.25, 0.3) is 0 Å². The Balaban J connectivity index is 2.20. The zero-order valence-corrected chi connectivity index (χ0v) is 11.7. The highest BCUT2D eigenvalue weighted by molar-refractivity contribution is 9.10.